The molecule has 2 bridgehead atoms. The van der Waals surface area contributed by atoms with Gasteiger partial charge in [-0.1, -0.05) is 50.6 Å². The predicted octanol–water partition coefficient (Wildman–Crippen LogP) is 5.99. The summed E-state index contributed by atoms with van der Waals surface area (Å²) in [5.74, 6) is 1.53. The van der Waals surface area contributed by atoms with Crippen LogP contribution in [-0.4, -0.2) is 61.9 Å². The molecule has 190 valence electrons. The second-order valence-electron chi connectivity index (χ2n) is 11.9. The van der Waals surface area contributed by atoms with Crippen molar-refractivity contribution in [3.05, 3.63) is 35.1 Å². The summed E-state index contributed by atoms with van der Waals surface area (Å²) in [5, 5.41) is 10.7. The molecule has 1 aromatic heterocycles. The first-order chi connectivity index (χ1) is 16.6. The molecular formula is C27H38ClN5OS. The summed E-state index contributed by atoms with van der Waals surface area (Å²) >= 11 is 7.69. The number of piperidine rings is 1. The molecule has 3 aliphatic rings. The first-order valence-electron chi connectivity index (χ1n) is 13.0. The minimum Gasteiger partial charge on any atom is -0.338 e. The van der Waals surface area contributed by atoms with E-state index in [4.69, 9.17) is 11.6 Å². The molecule has 3 atom stereocenters. The zero-order valence-corrected chi connectivity index (χ0v) is 23.0. The molecule has 3 heterocycles. The number of aromatic nitrogens is 3. The van der Waals surface area contributed by atoms with Crippen LogP contribution in [0.25, 0.3) is 5.69 Å². The lowest BCUT2D eigenvalue weighted by molar-refractivity contribution is -0.129. The van der Waals surface area contributed by atoms with Crippen LogP contribution < -0.4 is 0 Å². The van der Waals surface area contributed by atoms with Crippen LogP contribution in [0.15, 0.2) is 29.4 Å². The van der Waals surface area contributed by atoms with Gasteiger partial charge in [-0.05, 0) is 87.2 Å². The zero-order valence-electron chi connectivity index (χ0n) is 21.5. The molecule has 2 aliphatic heterocycles. The first kappa shape index (κ1) is 25.1. The Morgan fingerprint density at radius 3 is 2.54 bits per heavy atom. The molecule has 5 rings (SSSR count). The van der Waals surface area contributed by atoms with Crippen molar-refractivity contribution >= 4 is 29.3 Å². The van der Waals surface area contributed by atoms with Crippen LogP contribution in [0.2, 0.25) is 5.02 Å². The molecule has 0 N–H and O–H groups in total. The Hall–Kier alpha value is -1.57. The van der Waals surface area contributed by atoms with Crippen LogP contribution in [-0.2, 0) is 4.79 Å². The van der Waals surface area contributed by atoms with E-state index in [1.165, 1.54) is 37.4 Å². The number of likely N-dealkylation sites (tertiary alicyclic amines) is 2. The molecule has 3 fully saturated rings. The van der Waals surface area contributed by atoms with Gasteiger partial charge < -0.3 is 4.90 Å². The molecule has 1 amide bonds. The van der Waals surface area contributed by atoms with Gasteiger partial charge in [0.15, 0.2) is 11.0 Å². The van der Waals surface area contributed by atoms with Crippen LogP contribution >= 0.6 is 23.4 Å². The highest BCUT2D eigenvalue weighted by Crippen LogP contribution is 2.52. The Bertz CT molecular complexity index is 1060. The fraction of sp³-hybridized carbons (Fsp3) is 0.667. The number of thioether (sulfide) groups is 1. The van der Waals surface area contributed by atoms with Gasteiger partial charge in [0.05, 0.1) is 11.8 Å². The van der Waals surface area contributed by atoms with Crippen LogP contribution in [0.4, 0.5) is 0 Å². The lowest BCUT2D eigenvalue weighted by Gasteiger charge is -2.39. The summed E-state index contributed by atoms with van der Waals surface area (Å²) in [5.41, 5.74) is 1.53. The van der Waals surface area contributed by atoms with E-state index in [2.05, 4.69) is 52.3 Å². The minimum absolute atomic E-state index is 0.156. The summed E-state index contributed by atoms with van der Waals surface area (Å²) in [4.78, 5) is 18.1. The highest BCUT2D eigenvalue weighted by molar-refractivity contribution is 7.99. The number of carbonyl (C=O) groups excluding carboxylic acids is 1. The molecule has 1 aromatic carbocycles. The van der Waals surface area contributed by atoms with Crippen molar-refractivity contribution in [2.45, 2.75) is 83.5 Å². The van der Waals surface area contributed by atoms with Crippen molar-refractivity contribution in [1.82, 2.24) is 24.6 Å². The van der Waals surface area contributed by atoms with Gasteiger partial charge in [0.25, 0.3) is 0 Å². The van der Waals surface area contributed by atoms with Crippen molar-refractivity contribution < 1.29 is 4.79 Å². The van der Waals surface area contributed by atoms with Gasteiger partial charge in [-0.2, -0.15) is 0 Å². The van der Waals surface area contributed by atoms with Crippen molar-refractivity contribution in [3.8, 4) is 5.69 Å². The number of hydrogen-bond donors (Lipinski definition) is 0. The monoisotopic (exact) mass is 515 g/mol. The summed E-state index contributed by atoms with van der Waals surface area (Å²) < 4.78 is 2.13. The summed E-state index contributed by atoms with van der Waals surface area (Å²) in [6.07, 6.45) is 7.16. The zero-order chi connectivity index (χ0) is 24.8. The third-order valence-electron chi connectivity index (χ3n) is 8.12. The molecule has 35 heavy (non-hydrogen) atoms. The van der Waals surface area contributed by atoms with E-state index >= 15 is 0 Å². The molecule has 1 saturated carbocycles. The largest absolute Gasteiger partial charge is 0.338 e. The van der Waals surface area contributed by atoms with Gasteiger partial charge in [-0.25, -0.2) is 0 Å². The van der Waals surface area contributed by atoms with E-state index in [1.807, 2.05) is 24.3 Å². The summed E-state index contributed by atoms with van der Waals surface area (Å²) in [7, 11) is 0. The lowest BCUT2D eigenvalue weighted by Crippen LogP contribution is -2.38. The maximum absolute atomic E-state index is 13.4. The first-order valence-corrected chi connectivity index (χ1v) is 14.4. The number of rotatable bonds is 6. The number of halogens is 1. The Labute approximate surface area is 218 Å². The second kappa shape index (κ2) is 9.71. The van der Waals surface area contributed by atoms with Gasteiger partial charge in [-0.15, -0.1) is 10.2 Å². The van der Waals surface area contributed by atoms with Crippen LogP contribution in [0.5, 0.6) is 0 Å². The number of carbonyl (C=O) groups is 1. The van der Waals surface area contributed by atoms with Crippen LogP contribution in [0.3, 0.4) is 0 Å². The number of nitrogens with zero attached hydrogens (tertiary/aromatic N) is 5. The predicted molar refractivity (Wildman–Crippen MR) is 142 cm³/mol. The average Bonchev–Trinajstić information content (AvgIpc) is 3.35. The van der Waals surface area contributed by atoms with Crippen molar-refractivity contribution in [3.63, 3.8) is 0 Å². The molecule has 1 aliphatic carbocycles. The maximum atomic E-state index is 13.4. The molecule has 2 saturated heterocycles. The molecule has 2 aromatic rings. The van der Waals surface area contributed by atoms with Gasteiger partial charge >= 0.3 is 0 Å². The Balaban J connectivity index is 1.36. The van der Waals surface area contributed by atoms with E-state index in [0.717, 1.165) is 49.1 Å². The quantitative estimate of drug-likeness (QED) is 0.442. The molecule has 8 heteroatoms. The highest BCUT2D eigenvalue weighted by atomic mass is 35.5. The third kappa shape index (κ3) is 5.28. The van der Waals surface area contributed by atoms with Crippen molar-refractivity contribution in [2.75, 3.05) is 25.4 Å². The fourth-order valence-electron chi connectivity index (χ4n) is 6.91. The van der Waals surface area contributed by atoms with E-state index in [0.29, 0.717) is 22.2 Å². The standard InChI is InChI=1S/C27H38ClN5OS/c1-19(31-12-6-5-7-13-31)24-29-30-25(33(24)21-10-8-20(28)9-11-21)35-16-23(34)32-18-27(4)15-22(32)14-26(2,3)17-27/h8-11,19,22H,5-7,12-18H2,1-4H3/t19-,22+,27+/m1/s1. The molecule has 0 radical (unpaired) electrons. The Morgan fingerprint density at radius 2 is 1.83 bits per heavy atom. The maximum Gasteiger partial charge on any atom is 0.233 e. The van der Waals surface area contributed by atoms with Crippen molar-refractivity contribution in [2.24, 2.45) is 10.8 Å². The van der Waals surface area contributed by atoms with E-state index in [1.54, 1.807) is 0 Å². The third-order valence-corrected chi connectivity index (χ3v) is 9.28. The van der Waals surface area contributed by atoms with Crippen LogP contribution in [0.1, 0.15) is 78.1 Å². The normalized spacial score (nSPS) is 27.2. The molecule has 0 spiro atoms. The SMILES string of the molecule is C[C@H](c1nnc(SCC(=O)N2C[C@@]3(C)C[C@@H]2CC(C)(C)C3)n1-c1ccc(Cl)cc1)N1CCCCC1. The van der Waals surface area contributed by atoms with Crippen LogP contribution in [0, 0.1) is 10.8 Å². The van der Waals surface area contributed by atoms with E-state index < -0.39 is 0 Å². The second-order valence-corrected chi connectivity index (χ2v) is 13.3. The van der Waals surface area contributed by atoms with E-state index in [-0.39, 0.29) is 17.4 Å². The van der Waals surface area contributed by atoms with Gasteiger partial charge in [0.2, 0.25) is 5.91 Å². The smallest absolute Gasteiger partial charge is 0.233 e. The fourth-order valence-corrected chi connectivity index (χ4v) is 7.88. The topological polar surface area (TPSA) is 54.3 Å². The lowest BCUT2D eigenvalue weighted by atomic mass is 9.65. The van der Waals surface area contributed by atoms with E-state index in [9.17, 15) is 4.79 Å². The number of fused-ring (bicyclic) bond motifs is 2. The average molecular weight is 516 g/mol. The Morgan fingerprint density at radius 1 is 1.11 bits per heavy atom. The molecule has 6 nitrogen and oxygen atoms in total. The molecule has 0 unspecified atom stereocenters. The minimum atomic E-state index is 0.156. The van der Waals surface area contributed by atoms with Crippen molar-refractivity contribution in [1.29, 1.82) is 0 Å². The van der Waals surface area contributed by atoms with Gasteiger partial charge in [0, 0.05) is 23.3 Å². The summed E-state index contributed by atoms with van der Waals surface area (Å²) in [6.45, 7) is 12.3. The summed E-state index contributed by atoms with van der Waals surface area (Å²) in [6, 6.07) is 8.34. The highest BCUT2D eigenvalue weighted by Gasteiger charge is 2.50. The Kier molecular flexibility index (Phi) is 6.96. The van der Waals surface area contributed by atoms with Gasteiger partial charge in [-0.3, -0.25) is 14.3 Å². The van der Waals surface area contributed by atoms with Gasteiger partial charge in [0.1, 0.15) is 0 Å². The number of hydrogen-bond acceptors (Lipinski definition) is 5. The number of amides is 1. The molecular weight excluding hydrogens is 478 g/mol. The number of benzene rings is 1.